The Bertz CT molecular complexity index is 1730. The summed E-state index contributed by atoms with van der Waals surface area (Å²) < 4.78 is 12.8. The lowest BCUT2D eigenvalue weighted by Gasteiger charge is -2.38. The fourth-order valence-electron chi connectivity index (χ4n) is 6.25. The third-order valence-corrected chi connectivity index (χ3v) is 8.24. The van der Waals surface area contributed by atoms with E-state index in [1.807, 2.05) is 12.1 Å². The van der Waals surface area contributed by atoms with Gasteiger partial charge in [0.1, 0.15) is 11.5 Å². The molecule has 2 aliphatic rings. The van der Waals surface area contributed by atoms with Crippen LogP contribution in [0.3, 0.4) is 0 Å². The van der Waals surface area contributed by atoms with E-state index in [9.17, 15) is 0 Å². The topological polar surface area (TPSA) is 18.5 Å². The zero-order chi connectivity index (χ0) is 25.9. The van der Waals surface area contributed by atoms with Crippen LogP contribution in [0, 0.1) is 13.8 Å². The van der Waals surface area contributed by atoms with E-state index in [4.69, 9.17) is 9.47 Å². The van der Waals surface area contributed by atoms with Gasteiger partial charge in [0.15, 0.2) is 5.60 Å². The number of hydrogen-bond donors (Lipinski definition) is 0. The minimum Gasteiger partial charge on any atom is -0.497 e. The third kappa shape index (κ3) is 3.40. The normalized spacial score (nSPS) is 17.3. The van der Waals surface area contributed by atoms with Gasteiger partial charge in [0.25, 0.3) is 0 Å². The van der Waals surface area contributed by atoms with Gasteiger partial charge in [0.05, 0.1) is 7.11 Å². The molecule has 1 aliphatic heterocycles. The summed E-state index contributed by atoms with van der Waals surface area (Å²) in [5, 5.41) is 2.43. The third-order valence-electron chi connectivity index (χ3n) is 8.24. The molecule has 0 bridgehead atoms. The van der Waals surface area contributed by atoms with Crippen molar-refractivity contribution in [2.45, 2.75) is 32.3 Å². The van der Waals surface area contributed by atoms with Gasteiger partial charge in [0.2, 0.25) is 0 Å². The summed E-state index contributed by atoms with van der Waals surface area (Å²) in [5.74, 6) is 1.81. The highest BCUT2D eigenvalue weighted by Gasteiger charge is 2.39. The summed E-state index contributed by atoms with van der Waals surface area (Å²) in [7, 11) is 1.70. The standard InChI is InChI=1S/C36H30O2/c1-23-8-12-26(13-9-23)36(27-14-16-28(37-3)17-15-27)21-20-32-30-19-11-25-6-4-5-7-29(25)34(30)31-18-10-24(2)22-33(31)35(32)38-36/h4-10,12-18,20-22H,11,19H2,1-3H3. The Morgan fingerprint density at radius 3 is 2.21 bits per heavy atom. The van der Waals surface area contributed by atoms with Gasteiger partial charge in [-0.1, -0.05) is 90.0 Å². The van der Waals surface area contributed by atoms with Crippen molar-refractivity contribution in [3.63, 3.8) is 0 Å². The monoisotopic (exact) mass is 494 g/mol. The lowest BCUT2D eigenvalue weighted by Crippen LogP contribution is -2.34. The summed E-state index contributed by atoms with van der Waals surface area (Å²) in [4.78, 5) is 0. The maximum Gasteiger partial charge on any atom is 0.178 e. The van der Waals surface area contributed by atoms with Crippen molar-refractivity contribution in [3.05, 3.63) is 136 Å². The van der Waals surface area contributed by atoms with Gasteiger partial charge in [-0.05, 0) is 78.6 Å². The van der Waals surface area contributed by atoms with Crippen molar-refractivity contribution in [1.82, 2.24) is 0 Å². The minimum absolute atomic E-state index is 0.746. The van der Waals surface area contributed by atoms with Crippen LogP contribution in [0.1, 0.15) is 38.9 Å². The molecule has 0 spiro atoms. The minimum atomic E-state index is -0.746. The van der Waals surface area contributed by atoms with Gasteiger partial charge in [-0.2, -0.15) is 0 Å². The molecule has 0 saturated carbocycles. The number of methoxy groups -OCH3 is 1. The molecule has 1 atom stereocenters. The van der Waals surface area contributed by atoms with Crippen molar-refractivity contribution >= 4 is 16.8 Å². The molecule has 1 heterocycles. The lowest BCUT2D eigenvalue weighted by molar-refractivity contribution is 0.163. The van der Waals surface area contributed by atoms with Crippen LogP contribution in [-0.2, 0) is 18.4 Å². The van der Waals surface area contributed by atoms with E-state index in [0.717, 1.165) is 35.5 Å². The fourth-order valence-corrected chi connectivity index (χ4v) is 6.25. The highest BCUT2D eigenvalue weighted by atomic mass is 16.5. The molecule has 1 unspecified atom stereocenters. The molecule has 38 heavy (non-hydrogen) atoms. The molecule has 0 fully saturated rings. The summed E-state index contributed by atoms with van der Waals surface area (Å²) in [5.41, 5.74) is 10.6. The fraction of sp³-hybridized carbons (Fsp3) is 0.167. The highest BCUT2D eigenvalue weighted by Crippen LogP contribution is 2.51. The molecule has 0 aromatic heterocycles. The zero-order valence-corrected chi connectivity index (χ0v) is 22.0. The van der Waals surface area contributed by atoms with E-state index in [1.54, 1.807) is 7.11 Å². The number of hydrogen-bond acceptors (Lipinski definition) is 2. The predicted octanol–water partition coefficient (Wildman–Crippen LogP) is 8.58. The molecule has 5 aromatic rings. The molecule has 186 valence electrons. The number of aryl methyl sites for hydroxylation is 3. The second kappa shape index (κ2) is 8.63. The van der Waals surface area contributed by atoms with Crippen molar-refractivity contribution in [2.24, 2.45) is 0 Å². The summed E-state index contributed by atoms with van der Waals surface area (Å²) >= 11 is 0. The first-order chi connectivity index (χ1) is 18.6. The Morgan fingerprint density at radius 1 is 0.737 bits per heavy atom. The lowest BCUT2D eigenvalue weighted by atomic mass is 9.77. The first kappa shape index (κ1) is 22.9. The molecule has 0 radical (unpaired) electrons. The van der Waals surface area contributed by atoms with Crippen LogP contribution in [0.15, 0.2) is 97.1 Å². The molecular weight excluding hydrogens is 464 g/mol. The summed E-state index contributed by atoms with van der Waals surface area (Å²) in [6.07, 6.45) is 6.62. The molecule has 5 aromatic carbocycles. The molecule has 0 N–H and O–H groups in total. The average Bonchev–Trinajstić information content (AvgIpc) is 2.97. The van der Waals surface area contributed by atoms with Gasteiger partial charge < -0.3 is 9.47 Å². The zero-order valence-electron chi connectivity index (χ0n) is 22.0. The molecule has 2 heteroatoms. The quantitative estimate of drug-likeness (QED) is 0.250. The number of benzene rings is 5. The van der Waals surface area contributed by atoms with E-state index in [1.165, 1.54) is 49.7 Å². The summed E-state index contributed by atoms with van der Waals surface area (Å²) in [6.45, 7) is 4.28. The van der Waals surface area contributed by atoms with Gasteiger partial charge in [-0.3, -0.25) is 0 Å². The van der Waals surface area contributed by atoms with E-state index >= 15 is 0 Å². The molecular formula is C36H30O2. The van der Waals surface area contributed by atoms with Crippen LogP contribution in [0.4, 0.5) is 0 Å². The molecule has 7 rings (SSSR count). The van der Waals surface area contributed by atoms with Crippen LogP contribution in [0.5, 0.6) is 11.5 Å². The Labute approximate surface area is 224 Å². The Morgan fingerprint density at radius 2 is 1.45 bits per heavy atom. The average molecular weight is 495 g/mol. The molecule has 0 saturated heterocycles. The van der Waals surface area contributed by atoms with Crippen LogP contribution in [-0.4, -0.2) is 7.11 Å². The molecule has 1 aliphatic carbocycles. The van der Waals surface area contributed by atoms with Crippen LogP contribution in [0.25, 0.3) is 28.0 Å². The first-order valence-electron chi connectivity index (χ1n) is 13.3. The number of fused-ring (bicyclic) bond motifs is 8. The van der Waals surface area contributed by atoms with Crippen LogP contribution < -0.4 is 9.47 Å². The maximum atomic E-state index is 7.30. The number of ether oxygens (including phenoxy) is 2. The molecule has 2 nitrogen and oxygen atoms in total. The Kier molecular flexibility index (Phi) is 5.19. The van der Waals surface area contributed by atoms with E-state index in [2.05, 4.69) is 105 Å². The Balaban J connectivity index is 1.52. The van der Waals surface area contributed by atoms with Crippen molar-refractivity contribution in [1.29, 1.82) is 0 Å². The van der Waals surface area contributed by atoms with Crippen LogP contribution in [0.2, 0.25) is 0 Å². The summed E-state index contributed by atoms with van der Waals surface area (Å²) in [6, 6.07) is 32.7. The smallest absolute Gasteiger partial charge is 0.178 e. The SMILES string of the molecule is COc1ccc(C2(c3ccc(C)cc3)C=Cc3c4c(c5ccc(C)cc5c3O2)-c2ccccc2CC4)cc1. The van der Waals surface area contributed by atoms with E-state index in [-0.39, 0.29) is 0 Å². The van der Waals surface area contributed by atoms with E-state index in [0.29, 0.717) is 0 Å². The van der Waals surface area contributed by atoms with Crippen molar-refractivity contribution < 1.29 is 9.47 Å². The molecule has 0 amide bonds. The van der Waals surface area contributed by atoms with E-state index < -0.39 is 5.60 Å². The largest absolute Gasteiger partial charge is 0.497 e. The van der Waals surface area contributed by atoms with Crippen LogP contribution >= 0.6 is 0 Å². The van der Waals surface area contributed by atoms with Gasteiger partial charge >= 0.3 is 0 Å². The van der Waals surface area contributed by atoms with Crippen molar-refractivity contribution in [2.75, 3.05) is 7.11 Å². The highest BCUT2D eigenvalue weighted by molar-refractivity contribution is 6.06. The van der Waals surface area contributed by atoms with Crippen molar-refractivity contribution in [3.8, 4) is 22.6 Å². The first-order valence-corrected chi connectivity index (χ1v) is 13.3. The second-order valence-corrected chi connectivity index (χ2v) is 10.6. The maximum absolute atomic E-state index is 7.30. The van der Waals surface area contributed by atoms with Gasteiger partial charge in [-0.15, -0.1) is 0 Å². The number of rotatable bonds is 3. The van der Waals surface area contributed by atoms with Gasteiger partial charge in [0, 0.05) is 22.1 Å². The Hall–Kier alpha value is -4.30. The van der Waals surface area contributed by atoms with Gasteiger partial charge in [-0.25, -0.2) is 0 Å². The predicted molar refractivity (Wildman–Crippen MR) is 156 cm³/mol. The second-order valence-electron chi connectivity index (χ2n) is 10.6.